The topological polar surface area (TPSA) is 151 Å². The molecule has 1 unspecified atom stereocenters. The van der Waals surface area contributed by atoms with E-state index in [2.05, 4.69) is 37.4 Å². The molecule has 37 heavy (non-hydrogen) atoms. The Balaban J connectivity index is 1.80. The average molecular weight is 501 g/mol. The maximum Gasteiger partial charge on any atom is 0.296 e. The lowest BCUT2D eigenvalue weighted by Gasteiger charge is -2.13. The van der Waals surface area contributed by atoms with E-state index in [1.807, 2.05) is 31.2 Å². The zero-order valence-electron chi connectivity index (χ0n) is 21.2. The molecule has 0 aliphatic heterocycles. The highest BCUT2D eigenvalue weighted by Crippen LogP contribution is 2.37. The van der Waals surface area contributed by atoms with Crippen molar-refractivity contribution < 1.29 is 9.66 Å². The van der Waals surface area contributed by atoms with Crippen LogP contribution in [0, 0.1) is 24.0 Å². The van der Waals surface area contributed by atoms with Crippen molar-refractivity contribution in [3.8, 4) is 5.75 Å². The first-order chi connectivity index (χ1) is 17.9. The van der Waals surface area contributed by atoms with Crippen molar-refractivity contribution in [3.63, 3.8) is 0 Å². The van der Waals surface area contributed by atoms with Crippen LogP contribution in [0.5, 0.6) is 5.75 Å². The van der Waals surface area contributed by atoms with Crippen molar-refractivity contribution >= 4 is 28.4 Å². The number of azo groups is 2. The summed E-state index contributed by atoms with van der Waals surface area (Å²) in [5.41, 5.74) is 12.9. The van der Waals surface area contributed by atoms with Crippen molar-refractivity contribution in [2.45, 2.75) is 39.5 Å². The molecule has 0 radical (unpaired) electrons. The Morgan fingerprint density at radius 2 is 1.68 bits per heavy atom. The SMILES string of the molecule is CCC(CCN=[N+]=[N-])c1ccc(N=Nc2cc(C)c(N=Nc3ccc(C)cc3[N+](=O)[O-])cc2OC)cc1. The van der Waals surface area contributed by atoms with Gasteiger partial charge in [-0.25, -0.2) is 0 Å². The van der Waals surface area contributed by atoms with Gasteiger partial charge in [-0.15, -0.1) is 15.3 Å². The molecule has 0 saturated carbocycles. The number of ether oxygens (including phenoxy) is 1. The fourth-order valence-corrected chi connectivity index (χ4v) is 3.77. The third-order valence-corrected chi connectivity index (χ3v) is 5.86. The standard InChI is InChI=1S/C26H28N8O3/c1-5-19(12-13-28-33-27)20-7-9-21(10-8-20)29-32-24-15-18(3)23(16-26(24)37-4)31-30-22-11-6-17(2)14-25(22)34(35)36/h6-11,14-16,19H,5,12-13H2,1-4H3. The molecule has 11 nitrogen and oxygen atoms in total. The molecular formula is C26H28N8O3. The van der Waals surface area contributed by atoms with Gasteiger partial charge in [-0.1, -0.05) is 30.2 Å². The predicted molar refractivity (Wildman–Crippen MR) is 142 cm³/mol. The molecule has 0 spiro atoms. The van der Waals surface area contributed by atoms with Gasteiger partial charge in [0.2, 0.25) is 0 Å². The van der Waals surface area contributed by atoms with Crippen LogP contribution in [0.2, 0.25) is 0 Å². The Kier molecular flexibility index (Phi) is 9.40. The summed E-state index contributed by atoms with van der Waals surface area (Å²) in [5, 5.41) is 32.0. The number of benzene rings is 3. The maximum absolute atomic E-state index is 11.4. The lowest BCUT2D eigenvalue weighted by molar-refractivity contribution is -0.384. The molecule has 0 aliphatic carbocycles. The number of rotatable bonds is 11. The normalized spacial score (nSPS) is 12.0. The van der Waals surface area contributed by atoms with E-state index in [1.165, 1.54) is 13.2 Å². The van der Waals surface area contributed by atoms with Crippen LogP contribution in [0.25, 0.3) is 10.4 Å². The van der Waals surface area contributed by atoms with E-state index in [4.69, 9.17) is 10.3 Å². The first-order valence-corrected chi connectivity index (χ1v) is 11.7. The van der Waals surface area contributed by atoms with Crippen molar-refractivity contribution in [2.75, 3.05) is 13.7 Å². The highest BCUT2D eigenvalue weighted by atomic mass is 16.6. The van der Waals surface area contributed by atoms with Crippen LogP contribution < -0.4 is 4.74 Å². The first-order valence-electron chi connectivity index (χ1n) is 11.7. The second-order valence-electron chi connectivity index (χ2n) is 8.40. The quantitative estimate of drug-likeness (QED) is 0.0847. The molecule has 11 heteroatoms. The molecule has 0 fully saturated rings. The summed E-state index contributed by atoms with van der Waals surface area (Å²) in [6, 6.07) is 16.0. The number of methoxy groups -OCH3 is 1. The highest BCUT2D eigenvalue weighted by Gasteiger charge is 2.14. The summed E-state index contributed by atoms with van der Waals surface area (Å²) in [4.78, 5) is 13.7. The van der Waals surface area contributed by atoms with Crippen molar-refractivity contribution in [2.24, 2.45) is 25.6 Å². The van der Waals surface area contributed by atoms with Crippen molar-refractivity contribution in [3.05, 3.63) is 91.8 Å². The highest BCUT2D eigenvalue weighted by molar-refractivity contribution is 5.64. The number of hydrogen-bond donors (Lipinski definition) is 0. The molecule has 0 aromatic heterocycles. The molecule has 1 atom stereocenters. The molecular weight excluding hydrogens is 472 g/mol. The molecule has 0 heterocycles. The maximum atomic E-state index is 11.4. The Bertz CT molecular complexity index is 1360. The van der Waals surface area contributed by atoms with Crippen LogP contribution in [0.3, 0.4) is 0 Å². The van der Waals surface area contributed by atoms with E-state index in [1.54, 1.807) is 31.2 Å². The van der Waals surface area contributed by atoms with Crippen LogP contribution in [0.4, 0.5) is 28.4 Å². The molecule has 3 aromatic carbocycles. The zero-order valence-corrected chi connectivity index (χ0v) is 21.2. The van der Waals surface area contributed by atoms with E-state index in [9.17, 15) is 10.1 Å². The zero-order chi connectivity index (χ0) is 26.8. The molecule has 0 amide bonds. The van der Waals surface area contributed by atoms with E-state index in [-0.39, 0.29) is 11.4 Å². The van der Waals surface area contributed by atoms with Gasteiger partial charge >= 0.3 is 0 Å². The Morgan fingerprint density at radius 1 is 0.973 bits per heavy atom. The Morgan fingerprint density at radius 3 is 2.32 bits per heavy atom. The number of nitro groups is 1. The molecule has 0 saturated heterocycles. The summed E-state index contributed by atoms with van der Waals surface area (Å²) in [7, 11) is 1.52. The minimum Gasteiger partial charge on any atom is -0.494 e. The van der Waals surface area contributed by atoms with Gasteiger partial charge in [0.15, 0.2) is 5.69 Å². The van der Waals surface area contributed by atoms with E-state index < -0.39 is 4.92 Å². The third kappa shape index (κ3) is 7.18. The van der Waals surface area contributed by atoms with Gasteiger partial charge in [0.05, 0.1) is 23.4 Å². The fourth-order valence-electron chi connectivity index (χ4n) is 3.77. The lowest BCUT2D eigenvalue weighted by atomic mass is 9.93. The van der Waals surface area contributed by atoms with E-state index in [0.717, 1.165) is 29.5 Å². The Hall–Kier alpha value is -4.63. The van der Waals surface area contributed by atoms with Crippen molar-refractivity contribution in [1.82, 2.24) is 0 Å². The molecule has 0 aliphatic rings. The molecule has 0 N–H and O–H groups in total. The van der Waals surface area contributed by atoms with Gasteiger partial charge < -0.3 is 4.74 Å². The van der Waals surface area contributed by atoms with Gasteiger partial charge in [0, 0.05) is 23.6 Å². The fraction of sp³-hybridized carbons (Fsp3) is 0.308. The second kappa shape index (κ2) is 12.9. The third-order valence-electron chi connectivity index (χ3n) is 5.86. The monoisotopic (exact) mass is 500 g/mol. The summed E-state index contributed by atoms with van der Waals surface area (Å²) in [5.74, 6) is 0.754. The van der Waals surface area contributed by atoms with Crippen LogP contribution in [0.15, 0.2) is 80.2 Å². The van der Waals surface area contributed by atoms with E-state index >= 15 is 0 Å². The van der Waals surface area contributed by atoms with Crippen LogP contribution >= 0.6 is 0 Å². The van der Waals surface area contributed by atoms with Crippen LogP contribution in [-0.4, -0.2) is 18.6 Å². The van der Waals surface area contributed by atoms with Gasteiger partial charge in [0.25, 0.3) is 5.69 Å². The number of azide groups is 1. The largest absolute Gasteiger partial charge is 0.494 e. The number of hydrogen-bond acceptors (Lipinski definition) is 8. The van der Waals surface area contributed by atoms with Crippen LogP contribution in [-0.2, 0) is 0 Å². The van der Waals surface area contributed by atoms with Crippen molar-refractivity contribution in [1.29, 1.82) is 0 Å². The Labute approximate surface area is 214 Å². The summed E-state index contributed by atoms with van der Waals surface area (Å²) in [6.45, 7) is 6.19. The number of nitrogens with zero attached hydrogens (tertiary/aromatic N) is 8. The smallest absolute Gasteiger partial charge is 0.296 e. The second-order valence-corrected chi connectivity index (χ2v) is 8.40. The van der Waals surface area contributed by atoms with Gasteiger partial charge in [-0.3, -0.25) is 10.1 Å². The summed E-state index contributed by atoms with van der Waals surface area (Å²) in [6.07, 6.45) is 1.73. The first kappa shape index (κ1) is 27.0. The summed E-state index contributed by atoms with van der Waals surface area (Å²) >= 11 is 0. The predicted octanol–water partition coefficient (Wildman–Crippen LogP) is 9.25. The molecule has 3 rings (SSSR count). The number of nitro benzene ring substituents is 1. The average Bonchev–Trinajstić information content (AvgIpc) is 2.90. The van der Waals surface area contributed by atoms with Gasteiger partial charge in [0.1, 0.15) is 11.4 Å². The molecule has 3 aromatic rings. The molecule has 0 bridgehead atoms. The lowest BCUT2D eigenvalue weighted by Crippen LogP contribution is -1.98. The van der Waals surface area contributed by atoms with Crippen LogP contribution in [0.1, 0.15) is 42.4 Å². The van der Waals surface area contributed by atoms with Gasteiger partial charge in [-0.2, -0.15) is 5.11 Å². The summed E-state index contributed by atoms with van der Waals surface area (Å²) < 4.78 is 5.47. The minimum absolute atomic E-state index is 0.106. The van der Waals surface area contributed by atoms with E-state index in [0.29, 0.717) is 35.3 Å². The minimum atomic E-state index is -0.476. The number of aryl methyl sites for hydroxylation is 2. The molecule has 190 valence electrons. The van der Waals surface area contributed by atoms with Gasteiger partial charge in [-0.05, 0) is 79.1 Å².